The molecule has 8 atom stereocenters. The van der Waals surface area contributed by atoms with E-state index in [0.717, 1.165) is 42.9 Å². The quantitative estimate of drug-likeness (QED) is 0.282. The van der Waals surface area contributed by atoms with Gasteiger partial charge in [0, 0.05) is 19.3 Å². The highest BCUT2D eigenvalue weighted by molar-refractivity contribution is 7.90. The number of aryl methyl sites for hydroxylation is 1. The van der Waals surface area contributed by atoms with E-state index in [1.807, 2.05) is 19.1 Å². The molecule has 0 heterocycles. The number of allylic oxidation sites excluding steroid dienone is 1. The Hall–Kier alpha value is -1.95. The van der Waals surface area contributed by atoms with Crippen molar-refractivity contribution in [3.63, 3.8) is 0 Å². The Balaban J connectivity index is 1.54. The molecule has 0 spiro atoms. The minimum atomic E-state index is -3.86. The number of carbonyl (C=O) groups excluding carboxylic acids is 1. The summed E-state index contributed by atoms with van der Waals surface area (Å²) >= 11 is 0. The molecule has 4 aliphatic rings. The summed E-state index contributed by atoms with van der Waals surface area (Å²) in [5.74, 6) is 2.77. The third-order valence-electron chi connectivity index (χ3n) is 12.0. The summed E-state index contributed by atoms with van der Waals surface area (Å²) in [6.45, 7) is 15.5. The van der Waals surface area contributed by atoms with Crippen LogP contribution in [0.5, 0.6) is 0 Å². The van der Waals surface area contributed by atoms with Gasteiger partial charge in [0.2, 0.25) is 0 Å². The standard InChI is InChI=1S/C36H53NO4S/c1-23(2)9-8-10-25(4)30-15-16-31-34-32(18-20-36(30,31)7)35(6)19-17-28(41-26(5)38)21-27(35)22-33(34)37-42(39,40)29-13-11-24(3)12-14-29/h11-14,22-23,25,28,30-32,34H,8-10,15-21H2,1-7H3/b37-33-/t25-,28+,30-,31+,32+,34+,35+,36-/m1/s1. The molecular weight excluding hydrogens is 542 g/mol. The van der Waals surface area contributed by atoms with E-state index in [0.29, 0.717) is 30.1 Å². The van der Waals surface area contributed by atoms with Gasteiger partial charge in [-0.1, -0.05) is 77.2 Å². The molecular formula is C36H53NO4S. The Kier molecular flexibility index (Phi) is 8.89. The first-order valence-electron chi connectivity index (χ1n) is 16.5. The summed E-state index contributed by atoms with van der Waals surface area (Å²) in [6.07, 6.45) is 13.0. The number of ether oxygens (including phenoxy) is 1. The molecule has 0 aromatic heterocycles. The van der Waals surface area contributed by atoms with Crippen molar-refractivity contribution in [2.45, 2.75) is 124 Å². The third kappa shape index (κ3) is 5.90. The molecule has 3 fully saturated rings. The largest absolute Gasteiger partial charge is 0.462 e. The highest BCUT2D eigenvalue weighted by Gasteiger charge is 2.61. The van der Waals surface area contributed by atoms with Gasteiger partial charge in [0.1, 0.15) is 6.10 Å². The van der Waals surface area contributed by atoms with Crippen LogP contribution in [0.4, 0.5) is 0 Å². The first kappa shape index (κ1) is 31.5. The van der Waals surface area contributed by atoms with Gasteiger partial charge in [-0.25, -0.2) is 0 Å². The second kappa shape index (κ2) is 11.9. The van der Waals surface area contributed by atoms with Gasteiger partial charge < -0.3 is 4.74 Å². The summed E-state index contributed by atoms with van der Waals surface area (Å²) in [5, 5.41) is 0. The van der Waals surface area contributed by atoms with Gasteiger partial charge in [0.05, 0.1) is 10.6 Å². The summed E-state index contributed by atoms with van der Waals surface area (Å²) in [5.41, 5.74) is 3.18. The Bertz CT molecular complexity index is 1330. The van der Waals surface area contributed by atoms with E-state index in [1.165, 1.54) is 44.6 Å². The van der Waals surface area contributed by atoms with Gasteiger partial charge in [-0.2, -0.15) is 12.8 Å². The Labute approximate surface area is 255 Å². The van der Waals surface area contributed by atoms with Gasteiger partial charge >= 0.3 is 5.97 Å². The Morgan fingerprint density at radius 3 is 2.38 bits per heavy atom. The average molecular weight is 596 g/mol. The van der Waals surface area contributed by atoms with Crippen molar-refractivity contribution in [3.05, 3.63) is 41.5 Å². The molecule has 6 heteroatoms. The number of carbonyl (C=O) groups is 1. The zero-order valence-electron chi connectivity index (χ0n) is 27.0. The van der Waals surface area contributed by atoms with Crippen LogP contribution < -0.4 is 0 Å². The molecule has 0 aliphatic heterocycles. The van der Waals surface area contributed by atoms with Crippen LogP contribution in [0, 0.1) is 53.3 Å². The first-order valence-corrected chi connectivity index (χ1v) is 18.0. The van der Waals surface area contributed by atoms with Crippen molar-refractivity contribution in [1.82, 2.24) is 0 Å². The van der Waals surface area contributed by atoms with Gasteiger partial charge in [-0.15, -0.1) is 0 Å². The Morgan fingerprint density at radius 1 is 1.00 bits per heavy atom. The second-order valence-corrected chi connectivity index (χ2v) is 16.7. The van der Waals surface area contributed by atoms with Crippen LogP contribution >= 0.6 is 0 Å². The smallest absolute Gasteiger partial charge is 0.302 e. The van der Waals surface area contributed by atoms with Crippen LogP contribution in [0.3, 0.4) is 0 Å². The maximum absolute atomic E-state index is 13.8. The number of fused-ring (bicyclic) bond motifs is 5. The fraction of sp³-hybridized carbons (Fsp3) is 0.722. The van der Waals surface area contributed by atoms with Crippen LogP contribution in [0.2, 0.25) is 0 Å². The molecule has 4 aliphatic carbocycles. The van der Waals surface area contributed by atoms with E-state index in [2.05, 4.69) is 40.7 Å². The molecule has 0 saturated heterocycles. The van der Waals surface area contributed by atoms with E-state index in [-0.39, 0.29) is 33.7 Å². The van der Waals surface area contributed by atoms with Gasteiger partial charge in [-0.05, 0) is 104 Å². The van der Waals surface area contributed by atoms with E-state index >= 15 is 0 Å². The van der Waals surface area contributed by atoms with E-state index in [4.69, 9.17) is 9.13 Å². The number of nitrogens with zero attached hydrogens (tertiary/aromatic N) is 1. The Morgan fingerprint density at radius 2 is 1.71 bits per heavy atom. The maximum Gasteiger partial charge on any atom is 0.302 e. The highest BCUT2D eigenvalue weighted by atomic mass is 32.2. The number of esters is 1. The van der Waals surface area contributed by atoms with Crippen molar-refractivity contribution in [1.29, 1.82) is 0 Å². The zero-order chi connectivity index (χ0) is 30.4. The molecule has 5 rings (SSSR count). The normalized spacial score (nSPS) is 36.1. The lowest BCUT2D eigenvalue weighted by Crippen LogP contribution is -2.54. The van der Waals surface area contributed by atoms with Crippen LogP contribution in [0.25, 0.3) is 0 Å². The van der Waals surface area contributed by atoms with Gasteiger partial charge in [0.15, 0.2) is 0 Å². The van der Waals surface area contributed by atoms with Gasteiger partial charge in [0.25, 0.3) is 10.0 Å². The number of hydrogen-bond donors (Lipinski definition) is 0. The van der Waals surface area contributed by atoms with E-state index in [1.54, 1.807) is 12.1 Å². The van der Waals surface area contributed by atoms with Crippen LogP contribution in [-0.2, 0) is 19.6 Å². The number of sulfonamides is 1. The lowest BCUT2D eigenvalue weighted by atomic mass is 9.46. The molecule has 5 nitrogen and oxygen atoms in total. The summed E-state index contributed by atoms with van der Waals surface area (Å²) in [4.78, 5) is 12.1. The summed E-state index contributed by atoms with van der Waals surface area (Å²) < 4.78 is 37.9. The molecule has 1 aromatic rings. The predicted octanol–water partition coefficient (Wildman–Crippen LogP) is 8.71. The number of rotatable bonds is 8. The minimum absolute atomic E-state index is 0.0176. The van der Waals surface area contributed by atoms with Crippen molar-refractivity contribution in [3.8, 4) is 0 Å². The topological polar surface area (TPSA) is 72.8 Å². The van der Waals surface area contributed by atoms with Crippen molar-refractivity contribution in [2.24, 2.45) is 50.7 Å². The second-order valence-electron chi connectivity index (χ2n) is 15.1. The summed E-state index contributed by atoms with van der Waals surface area (Å²) in [6, 6.07) is 7.05. The van der Waals surface area contributed by atoms with E-state index < -0.39 is 10.0 Å². The summed E-state index contributed by atoms with van der Waals surface area (Å²) in [7, 11) is -3.86. The first-order chi connectivity index (χ1) is 19.7. The van der Waals surface area contributed by atoms with Gasteiger partial charge in [-0.3, -0.25) is 4.79 Å². The fourth-order valence-corrected chi connectivity index (χ4v) is 10.8. The molecule has 0 N–H and O–H groups in total. The molecule has 0 unspecified atom stereocenters. The molecule has 0 radical (unpaired) electrons. The monoisotopic (exact) mass is 595 g/mol. The average Bonchev–Trinajstić information content (AvgIpc) is 3.26. The number of hydrogen-bond acceptors (Lipinski definition) is 4. The predicted molar refractivity (Wildman–Crippen MR) is 170 cm³/mol. The van der Waals surface area contributed by atoms with Crippen molar-refractivity contribution < 1.29 is 17.9 Å². The van der Waals surface area contributed by atoms with E-state index in [9.17, 15) is 13.2 Å². The molecule has 3 saturated carbocycles. The zero-order valence-corrected chi connectivity index (χ0v) is 27.8. The van der Waals surface area contributed by atoms with Crippen LogP contribution in [0.15, 0.2) is 45.2 Å². The van der Waals surface area contributed by atoms with Crippen molar-refractivity contribution in [2.75, 3.05) is 0 Å². The molecule has 42 heavy (non-hydrogen) atoms. The third-order valence-corrected chi connectivity index (χ3v) is 13.3. The van der Waals surface area contributed by atoms with Crippen LogP contribution in [0.1, 0.15) is 111 Å². The maximum atomic E-state index is 13.8. The van der Waals surface area contributed by atoms with Crippen molar-refractivity contribution >= 4 is 21.7 Å². The lowest BCUT2D eigenvalue weighted by Gasteiger charge is -2.58. The highest BCUT2D eigenvalue weighted by Crippen LogP contribution is 2.67. The number of benzene rings is 1. The van der Waals surface area contributed by atoms with Crippen LogP contribution in [-0.4, -0.2) is 26.2 Å². The molecule has 0 bridgehead atoms. The minimum Gasteiger partial charge on any atom is -0.462 e. The SMILES string of the molecule is CC(=O)O[C@H]1CC[C@@]2(C)C(=C/C(=N/S(=O)(=O)c3ccc(C)cc3)[C@H]3[C@@H]4CC[C@H]([C@H](C)CCCC(C)C)[C@@]4(C)CC[C@@H]32)C1. The molecule has 232 valence electrons. The molecule has 0 amide bonds. The molecule has 1 aromatic carbocycles. The fourth-order valence-electron chi connectivity index (χ4n) is 9.74. The lowest BCUT2D eigenvalue weighted by molar-refractivity contribution is -0.148.